The molecule has 0 fully saturated rings. The van der Waals surface area contributed by atoms with Crippen LogP contribution in [-0.4, -0.2) is 10.2 Å². The second kappa shape index (κ2) is 8.18. The Balaban J connectivity index is 3.19. The lowest BCUT2D eigenvalue weighted by molar-refractivity contribution is 0.191. The number of hydrogen-bond donors (Lipinski definition) is 2. The summed E-state index contributed by atoms with van der Waals surface area (Å²) in [5.74, 6) is -0.625. The lowest BCUT2D eigenvalue weighted by atomic mass is 10.1. The summed E-state index contributed by atoms with van der Waals surface area (Å²) in [4.78, 5) is 0. The molecule has 0 unspecified atom stereocenters. The second-order valence-corrected chi connectivity index (χ2v) is 2.80. The summed E-state index contributed by atoms with van der Waals surface area (Å²) in [5, 5.41) is 16.7. The fourth-order valence-electron chi connectivity index (χ4n) is 0.939. The van der Waals surface area contributed by atoms with Crippen LogP contribution in [0.3, 0.4) is 0 Å². The van der Waals surface area contributed by atoms with Crippen LogP contribution >= 0.6 is 0 Å². The Hall–Kier alpha value is -0.920. The minimum atomic E-state index is -0.625. The molecule has 0 amide bonds. The van der Waals surface area contributed by atoms with Gasteiger partial charge in [-0.15, -0.1) is 0 Å². The van der Waals surface area contributed by atoms with Crippen LogP contribution in [0.1, 0.15) is 39.0 Å². The highest BCUT2D eigenvalue weighted by molar-refractivity contribution is 5.01. The molecule has 12 heavy (non-hydrogen) atoms. The van der Waals surface area contributed by atoms with Gasteiger partial charge in [0.15, 0.2) is 0 Å². The van der Waals surface area contributed by atoms with Crippen molar-refractivity contribution >= 4 is 0 Å². The summed E-state index contributed by atoms with van der Waals surface area (Å²) >= 11 is 0. The van der Waals surface area contributed by atoms with Gasteiger partial charge in [-0.25, -0.2) is 0 Å². The number of hydrogen-bond acceptors (Lipinski definition) is 2. The van der Waals surface area contributed by atoms with Crippen LogP contribution in [-0.2, 0) is 0 Å². The number of unbranched alkanes of at least 4 members (excludes halogenated alkanes) is 4. The van der Waals surface area contributed by atoms with E-state index in [1.807, 2.05) is 6.08 Å². The maximum Gasteiger partial charge on any atom is 0.274 e. The molecular weight excluding hydrogens is 152 g/mol. The molecule has 2 N–H and O–H groups in total. The van der Waals surface area contributed by atoms with Gasteiger partial charge in [0.2, 0.25) is 0 Å². The van der Waals surface area contributed by atoms with E-state index in [0.717, 1.165) is 6.42 Å². The highest BCUT2D eigenvalue weighted by atomic mass is 16.5. The first kappa shape index (κ1) is 11.1. The first-order valence-electron chi connectivity index (χ1n) is 4.52. The number of rotatable bonds is 6. The van der Waals surface area contributed by atoms with E-state index in [0.29, 0.717) is 0 Å². The number of aliphatic hydroxyl groups excluding tert-OH is 1. The average Bonchev–Trinajstić information content (AvgIpc) is 2.02. The Morgan fingerprint density at radius 3 is 2.50 bits per heavy atom. The molecule has 0 aliphatic carbocycles. The summed E-state index contributed by atoms with van der Waals surface area (Å²) in [5.41, 5.74) is 0. The van der Waals surface area contributed by atoms with E-state index in [4.69, 9.17) is 10.2 Å². The molecule has 0 saturated carbocycles. The molecule has 2 heteroatoms. The minimum absolute atomic E-state index is 0.625. The van der Waals surface area contributed by atoms with Gasteiger partial charge in [0.25, 0.3) is 5.95 Å². The number of allylic oxidation sites excluding steroid dienone is 3. The third-order valence-electron chi connectivity index (χ3n) is 1.61. The first-order chi connectivity index (χ1) is 5.77. The molecule has 70 valence electrons. The highest BCUT2D eigenvalue weighted by Crippen LogP contribution is 2.02. The van der Waals surface area contributed by atoms with Crippen molar-refractivity contribution < 1.29 is 10.2 Å². The molecule has 0 aromatic rings. The molecule has 2 nitrogen and oxygen atoms in total. The molecule has 0 atom stereocenters. The standard InChI is InChI=1S/C10H18O2/c1-2-3-4-5-6-7-8-9-10(11)12/h7-9,11-12H,2-6H2,1H3. The lowest BCUT2D eigenvalue weighted by Crippen LogP contribution is -1.74. The van der Waals surface area contributed by atoms with Gasteiger partial charge in [-0.1, -0.05) is 38.3 Å². The topological polar surface area (TPSA) is 40.5 Å². The maximum atomic E-state index is 8.36. The molecule has 0 rings (SSSR count). The lowest BCUT2D eigenvalue weighted by Gasteiger charge is -1.92. The zero-order chi connectivity index (χ0) is 9.23. The maximum absolute atomic E-state index is 8.36. The molecule has 0 aliphatic heterocycles. The fraction of sp³-hybridized carbons (Fsp3) is 0.600. The highest BCUT2D eigenvalue weighted by Gasteiger charge is 1.83. The van der Waals surface area contributed by atoms with Gasteiger partial charge < -0.3 is 10.2 Å². The molecule has 0 aromatic heterocycles. The van der Waals surface area contributed by atoms with Crippen LogP contribution in [0.5, 0.6) is 0 Å². The monoisotopic (exact) mass is 170 g/mol. The second-order valence-electron chi connectivity index (χ2n) is 2.80. The summed E-state index contributed by atoms with van der Waals surface area (Å²) in [6, 6.07) is 0. The summed E-state index contributed by atoms with van der Waals surface area (Å²) < 4.78 is 0. The van der Waals surface area contributed by atoms with Crippen LogP contribution < -0.4 is 0 Å². The fourth-order valence-corrected chi connectivity index (χ4v) is 0.939. The molecule has 0 radical (unpaired) electrons. The molecule has 0 bridgehead atoms. The van der Waals surface area contributed by atoms with Crippen molar-refractivity contribution in [1.82, 2.24) is 0 Å². The van der Waals surface area contributed by atoms with E-state index >= 15 is 0 Å². The largest absolute Gasteiger partial charge is 0.481 e. The van der Waals surface area contributed by atoms with Gasteiger partial charge in [0.05, 0.1) is 0 Å². The van der Waals surface area contributed by atoms with E-state index in [9.17, 15) is 0 Å². The van der Waals surface area contributed by atoms with Crippen LogP contribution in [0.25, 0.3) is 0 Å². The summed E-state index contributed by atoms with van der Waals surface area (Å²) in [6.45, 7) is 2.18. The molecule has 0 heterocycles. The Labute approximate surface area is 74.2 Å². The number of aliphatic hydroxyl groups is 2. The van der Waals surface area contributed by atoms with Gasteiger partial charge in [-0.3, -0.25) is 0 Å². The van der Waals surface area contributed by atoms with Gasteiger partial charge >= 0.3 is 0 Å². The zero-order valence-electron chi connectivity index (χ0n) is 7.66. The first-order valence-corrected chi connectivity index (χ1v) is 4.52. The van der Waals surface area contributed by atoms with E-state index in [2.05, 4.69) is 6.92 Å². The van der Waals surface area contributed by atoms with Crippen LogP contribution in [0.4, 0.5) is 0 Å². The predicted molar refractivity (Wildman–Crippen MR) is 51.2 cm³/mol. The van der Waals surface area contributed by atoms with Gasteiger partial charge in [0.1, 0.15) is 0 Å². The van der Waals surface area contributed by atoms with Crippen molar-refractivity contribution in [3.05, 3.63) is 24.2 Å². The average molecular weight is 170 g/mol. The molecule has 0 spiro atoms. The molecule has 0 aromatic carbocycles. The molecule has 0 saturated heterocycles. The van der Waals surface area contributed by atoms with Crippen LogP contribution in [0.15, 0.2) is 24.2 Å². The van der Waals surface area contributed by atoms with Crippen LogP contribution in [0, 0.1) is 0 Å². The quantitative estimate of drug-likeness (QED) is 0.364. The SMILES string of the molecule is CCCCCCC=CC=C(O)O. The van der Waals surface area contributed by atoms with Crippen molar-refractivity contribution in [2.24, 2.45) is 0 Å². The van der Waals surface area contributed by atoms with E-state index < -0.39 is 5.95 Å². The molecule has 0 aliphatic rings. The Kier molecular flexibility index (Phi) is 7.55. The third-order valence-corrected chi connectivity index (χ3v) is 1.61. The van der Waals surface area contributed by atoms with Crippen molar-refractivity contribution in [2.75, 3.05) is 0 Å². The van der Waals surface area contributed by atoms with Gasteiger partial charge in [-0.05, 0) is 12.8 Å². The van der Waals surface area contributed by atoms with Crippen LogP contribution in [0.2, 0.25) is 0 Å². The normalized spacial score (nSPS) is 10.4. The van der Waals surface area contributed by atoms with Crippen molar-refractivity contribution in [1.29, 1.82) is 0 Å². The Morgan fingerprint density at radius 1 is 1.17 bits per heavy atom. The zero-order valence-corrected chi connectivity index (χ0v) is 7.66. The molecular formula is C10H18O2. The summed E-state index contributed by atoms with van der Waals surface area (Å²) in [7, 11) is 0. The smallest absolute Gasteiger partial charge is 0.274 e. The van der Waals surface area contributed by atoms with E-state index in [-0.39, 0.29) is 0 Å². The Morgan fingerprint density at radius 2 is 1.92 bits per heavy atom. The predicted octanol–water partition coefficient (Wildman–Crippen LogP) is 3.47. The van der Waals surface area contributed by atoms with Gasteiger partial charge in [0, 0.05) is 6.08 Å². The van der Waals surface area contributed by atoms with Crippen molar-refractivity contribution in [2.45, 2.75) is 39.0 Å². The minimum Gasteiger partial charge on any atom is -0.481 e. The van der Waals surface area contributed by atoms with Crippen molar-refractivity contribution in [3.63, 3.8) is 0 Å². The van der Waals surface area contributed by atoms with Gasteiger partial charge in [-0.2, -0.15) is 0 Å². The Bertz CT molecular complexity index is 144. The van der Waals surface area contributed by atoms with E-state index in [1.54, 1.807) is 6.08 Å². The third kappa shape index (κ3) is 9.08. The summed E-state index contributed by atoms with van der Waals surface area (Å²) in [6.07, 6.45) is 10.9. The van der Waals surface area contributed by atoms with E-state index in [1.165, 1.54) is 31.8 Å². The van der Waals surface area contributed by atoms with Crippen molar-refractivity contribution in [3.8, 4) is 0 Å².